The first-order valence-corrected chi connectivity index (χ1v) is 10.7. The van der Waals surface area contributed by atoms with Gasteiger partial charge in [0.05, 0.1) is 24.4 Å². The van der Waals surface area contributed by atoms with Crippen LogP contribution in [0.3, 0.4) is 0 Å². The van der Waals surface area contributed by atoms with Crippen molar-refractivity contribution in [3.63, 3.8) is 0 Å². The van der Waals surface area contributed by atoms with Crippen LogP contribution in [0.25, 0.3) is 10.6 Å². The van der Waals surface area contributed by atoms with E-state index in [0.717, 1.165) is 32.9 Å². The Bertz CT molecular complexity index is 857. The fourth-order valence-electron chi connectivity index (χ4n) is 3.29. The molecule has 2 heterocycles. The molecule has 136 valence electrons. The van der Waals surface area contributed by atoms with E-state index in [-0.39, 0.29) is 0 Å². The molecule has 4 rings (SSSR count). The van der Waals surface area contributed by atoms with Crippen molar-refractivity contribution in [2.75, 3.05) is 7.11 Å². The molecule has 26 heavy (non-hydrogen) atoms. The first-order valence-electron chi connectivity index (χ1n) is 8.83. The molecule has 3 aromatic rings. The second-order valence-electron chi connectivity index (χ2n) is 6.33. The largest absolute Gasteiger partial charge is 0.496 e. The Morgan fingerprint density at radius 3 is 2.92 bits per heavy atom. The lowest BCUT2D eigenvalue weighted by molar-refractivity contribution is 0.307. The lowest BCUT2D eigenvalue weighted by Crippen LogP contribution is -2.15. The van der Waals surface area contributed by atoms with Crippen LogP contribution in [0.2, 0.25) is 0 Å². The van der Waals surface area contributed by atoms with Gasteiger partial charge in [-0.25, -0.2) is 9.67 Å². The molecule has 0 unspecified atom stereocenters. The Morgan fingerprint density at radius 2 is 2.08 bits per heavy atom. The summed E-state index contributed by atoms with van der Waals surface area (Å²) in [6.07, 6.45) is 6.21. The van der Waals surface area contributed by atoms with Crippen molar-refractivity contribution >= 4 is 23.1 Å². The van der Waals surface area contributed by atoms with Gasteiger partial charge >= 0.3 is 0 Å². The molecule has 1 fully saturated rings. The lowest BCUT2D eigenvalue weighted by Gasteiger charge is -2.21. The van der Waals surface area contributed by atoms with Crippen LogP contribution in [0.15, 0.2) is 34.8 Å². The molecule has 0 N–H and O–H groups in total. The highest BCUT2D eigenvalue weighted by Crippen LogP contribution is 2.34. The molecular formula is C18H21N5OS2. The molecule has 0 amide bonds. The van der Waals surface area contributed by atoms with Gasteiger partial charge in [-0.15, -0.1) is 16.4 Å². The molecule has 1 aliphatic rings. The van der Waals surface area contributed by atoms with E-state index < -0.39 is 0 Å². The Labute approximate surface area is 161 Å². The van der Waals surface area contributed by atoms with Gasteiger partial charge in [-0.2, -0.15) is 0 Å². The summed E-state index contributed by atoms with van der Waals surface area (Å²) in [5, 5.41) is 16.3. The van der Waals surface area contributed by atoms with E-state index in [0.29, 0.717) is 6.04 Å². The van der Waals surface area contributed by atoms with Crippen molar-refractivity contribution in [3.8, 4) is 16.3 Å². The van der Waals surface area contributed by atoms with Gasteiger partial charge in [0.2, 0.25) is 5.16 Å². The van der Waals surface area contributed by atoms with Crippen molar-refractivity contribution in [2.45, 2.75) is 49.1 Å². The van der Waals surface area contributed by atoms with Gasteiger partial charge in [0.1, 0.15) is 10.8 Å². The summed E-state index contributed by atoms with van der Waals surface area (Å²) in [4.78, 5) is 4.77. The van der Waals surface area contributed by atoms with Crippen LogP contribution in [-0.4, -0.2) is 32.3 Å². The number of methoxy groups -OCH3 is 1. The van der Waals surface area contributed by atoms with Gasteiger partial charge < -0.3 is 4.74 Å². The van der Waals surface area contributed by atoms with Crippen molar-refractivity contribution in [2.24, 2.45) is 0 Å². The first kappa shape index (κ1) is 17.5. The Balaban J connectivity index is 1.45. The van der Waals surface area contributed by atoms with Gasteiger partial charge in [0.15, 0.2) is 0 Å². The topological polar surface area (TPSA) is 65.7 Å². The van der Waals surface area contributed by atoms with Crippen LogP contribution >= 0.6 is 23.1 Å². The second-order valence-corrected chi connectivity index (χ2v) is 8.13. The maximum absolute atomic E-state index is 5.44. The lowest BCUT2D eigenvalue weighted by atomic mass is 9.96. The molecule has 2 aromatic heterocycles. The summed E-state index contributed by atoms with van der Waals surface area (Å²) in [7, 11) is 1.69. The number of rotatable bonds is 6. The molecule has 0 saturated heterocycles. The zero-order valence-corrected chi connectivity index (χ0v) is 16.3. The number of tetrazole rings is 1. The average Bonchev–Trinajstić information content (AvgIpc) is 3.36. The van der Waals surface area contributed by atoms with Crippen molar-refractivity contribution in [3.05, 3.63) is 35.3 Å². The number of thiazole rings is 1. The molecule has 8 heteroatoms. The predicted octanol–water partition coefficient (Wildman–Crippen LogP) is 4.60. The molecular weight excluding hydrogens is 366 g/mol. The summed E-state index contributed by atoms with van der Waals surface area (Å²) in [6.45, 7) is 0. The maximum Gasteiger partial charge on any atom is 0.209 e. The van der Waals surface area contributed by atoms with Gasteiger partial charge in [-0.3, -0.25) is 0 Å². The highest BCUT2D eigenvalue weighted by molar-refractivity contribution is 7.98. The zero-order chi connectivity index (χ0) is 17.8. The van der Waals surface area contributed by atoms with Crippen LogP contribution < -0.4 is 4.74 Å². The highest BCUT2D eigenvalue weighted by atomic mass is 32.2. The number of hydrogen-bond donors (Lipinski definition) is 0. The van der Waals surface area contributed by atoms with Gasteiger partial charge in [-0.05, 0) is 35.4 Å². The van der Waals surface area contributed by atoms with E-state index in [1.165, 1.54) is 32.1 Å². The molecule has 0 spiro atoms. The molecule has 1 aromatic carbocycles. The Hall–Kier alpha value is -1.93. The highest BCUT2D eigenvalue weighted by Gasteiger charge is 2.20. The number of hydrogen-bond acceptors (Lipinski definition) is 7. The van der Waals surface area contributed by atoms with Crippen molar-refractivity contribution in [1.82, 2.24) is 25.2 Å². The molecule has 0 bridgehead atoms. The van der Waals surface area contributed by atoms with E-state index in [1.54, 1.807) is 30.2 Å². The smallest absolute Gasteiger partial charge is 0.209 e. The third kappa shape index (κ3) is 3.76. The number of para-hydroxylation sites is 1. The predicted molar refractivity (Wildman–Crippen MR) is 104 cm³/mol. The standard InChI is InChI=1S/C18H21N5OS2/c1-24-16-10-6-5-9-15(16)17-19-13(11-25-17)12-26-18-20-21-22-23(18)14-7-3-2-4-8-14/h5-6,9-11,14H,2-4,7-8,12H2,1H3. The van der Waals surface area contributed by atoms with E-state index in [9.17, 15) is 0 Å². The average molecular weight is 388 g/mol. The maximum atomic E-state index is 5.44. The third-order valence-corrected chi connectivity index (χ3v) is 6.51. The first-order chi connectivity index (χ1) is 12.8. The fraction of sp³-hybridized carbons (Fsp3) is 0.444. The number of thioether (sulfide) groups is 1. The van der Waals surface area contributed by atoms with Crippen LogP contribution in [-0.2, 0) is 5.75 Å². The van der Waals surface area contributed by atoms with Crippen LogP contribution in [0.4, 0.5) is 0 Å². The Kier molecular flexibility index (Phi) is 5.50. The van der Waals surface area contributed by atoms with Crippen molar-refractivity contribution in [1.29, 1.82) is 0 Å². The van der Waals surface area contributed by atoms with E-state index in [4.69, 9.17) is 9.72 Å². The number of nitrogens with zero attached hydrogens (tertiary/aromatic N) is 5. The summed E-state index contributed by atoms with van der Waals surface area (Å²) < 4.78 is 7.45. The molecule has 1 saturated carbocycles. The Morgan fingerprint density at radius 1 is 1.23 bits per heavy atom. The van der Waals surface area contributed by atoms with E-state index >= 15 is 0 Å². The van der Waals surface area contributed by atoms with Crippen LogP contribution in [0.5, 0.6) is 5.75 Å². The molecule has 1 aliphatic carbocycles. The third-order valence-electron chi connectivity index (χ3n) is 4.62. The zero-order valence-electron chi connectivity index (χ0n) is 14.7. The quantitative estimate of drug-likeness (QED) is 0.576. The number of benzene rings is 1. The van der Waals surface area contributed by atoms with E-state index in [2.05, 4.69) is 20.9 Å². The van der Waals surface area contributed by atoms with E-state index in [1.807, 2.05) is 28.9 Å². The minimum absolute atomic E-state index is 0.445. The summed E-state index contributed by atoms with van der Waals surface area (Å²) in [6, 6.07) is 8.42. The molecule has 0 radical (unpaired) electrons. The van der Waals surface area contributed by atoms with Crippen LogP contribution in [0, 0.1) is 0 Å². The number of aromatic nitrogens is 5. The molecule has 0 atom stereocenters. The summed E-state index contributed by atoms with van der Waals surface area (Å²) in [5.41, 5.74) is 2.07. The molecule has 0 aliphatic heterocycles. The van der Waals surface area contributed by atoms with Crippen molar-refractivity contribution < 1.29 is 4.74 Å². The van der Waals surface area contributed by atoms with Gasteiger partial charge in [0, 0.05) is 11.1 Å². The van der Waals surface area contributed by atoms with Gasteiger partial charge in [-0.1, -0.05) is 43.2 Å². The minimum Gasteiger partial charge on any atom is -0.496 e. The normalized spacial score (nSPS) is 15.3. The fourth-order valence-corrected chi connectivity index (χ4v) is 5.08. The summed E-state index contributed by atoms with van der Waals surface area (Å²) >= 11 is 3.30. The molecule has 6 nitrogen and oxygen atoms in total. The van der Waals surface area contributed by atoms with Crippen LogP contribution in [0.1, 0.15) is 43.8 Å². The summed E-state index contributed by atoms with van der Waals surface area (Å²) in [5.74, 6) is 1.61. The second kappa shape index (κ2) is 8.18. The SMILES string of the molecule is COc1ccccc1-c1nc(CSc2nnnn2C2CCCCC2)cs1. The monoisotopic (exact) mass is 387 g/mol. The minimum atomic E-state index is 0.445. The number of ether oxygens (including phenoxy) is 1. The van der Waals surface area contributed by atoms with Gasteiger partial charge in [0.25, 0.3) is 0 Å².